The van der Waals surface area contributed by atoms with Gasteiger partial charge in [0.1, 0.15) is 10.7 Å². The minimum atomic E-state index is -4.82. The highest BCUT2D eigenvalue weighted by Gasteiger charge is 2.36. The summed E-state index contributed by atoms with van der Waals surface area (Å²) in [4.78, 5) is 15.4. The van der Waals surface area contributed by atoms with Gasteiger partial charge in [-0.25, -0.2) is 12.8 Å². The van der Waals surface area contributed by atoms with Crippen molar-refractivity contribution in [3.05, 3.63) is 82.4 Å². The van der Waals surface area contributed by atoms with Crippen molar-refractivity contribution in [3.8, 4) is 0 Å². The number of alkyl halides is 3. The van der Waals surface area contributed by atoms with E-state index in [1.165, 1.54) is 31.2 Å². The van der Waals surface area contributed by atoms with E-state index in [0.717, 1.165) is 24.4 Å². The van der Waals surface area contributed by atoms with Gasteiger partial charge in [0.25, 0.3) is 15.9 Å². The molecule has 0 saturated heterocycles. The van der Waals surface area contributed by atoms with Gasteiger partial charge in [-0.15, -0.1) is 0 Å². The lowest BCUT2D eigenvalue weighted by Gasteiger charge is -2.15. The van der Waals surface area contributed by atoms with E-state index in [0.29, 0.717) is 11.1 Å². The molecule has 3 rings (SSSR count). The summed E-state index contributed by atoms with van der Waals surface area (Å²) in [6.45, 7) is 1.22. The lowest BCUT2D eigenvalue weighted by molar-refractivity contribution is -0.138. The number of hydrogen-bond donors (Lipinski definition) is 2. The number of pyridine rings is 1. The number of anilines is 2. The third-order valence-corrected chi connectivity index (χ3v) is 5.90. The third kappa shape index (κ3) is 5.17. The summed E-state index contributed by atoms with van der Waals surface area (Å²) in [5, 5.41) is 2.52. The van der Waals surface area contributed by atoms with Gasteiger partial charge in [0.2, 0.25) is 0 Å². The molecule has 0 atom stereocenters. The van der Waals surface area contributed by atoms with Crippen LogP contribution in [0.1, 0.15) is 21.6 Å². The van der Waals surface area contributed by atoms with Crippen LogP contribution in [0.15, 0.2) is 59.6 Å². The zero-order valence-electron chi connectivity index (χ0n) is 16.2. The Morgan fingerprint density at radius 1 is 1.03 bits per heavy atom. The molecule has 0 spiro atoms. The number of nitrogens with zero attached hydrogens (tertiary/aromatic N) is 1. The number of sulfonamides is 1. The average molecular weight is 488 g/mol. The number of amides is 1. The zero-order chi connectivity index (χ0) is 23.7. The Labute approximate surface area is 185 Å². The Kier molecular flexibility index (Phi) is 6.42. The number of halogens is 5. The molecule has 3 aromatic rings. The fourth-order valence-corrected chi connectivity index (χ4v) is 4.09. The molecule has 32 heavy (non-hydrogen) atoms. The van der Waals surface area contributed by atoms with Gasteiger partial charge in [0, 0.05) is 22.6 Å². The van der Waals surface area contributed by atoms with Crippen molar-refractivity contribution in [2.75, 3.05) is 10.0 Å². The largest absolute Gasteiger partial charge is 0.417 e. The van der Waals surface area contributed by atoms with Gasteiger partial charge in [0.15, 0.2) is 0 Å². The molecule has 168 valence electrons. The highest BCUT2D eigenvalue weighted by Crippen LogP contribution is 2.33. The van der Waals surface area contributed by atoms with Crippen LogP contribution >= 0.6 is 11.6 Å². The van der Waals surface area contributed by atoms with Gasteiger partial charge < -0.3 is 5.32 Å². The molecular weight excluding hydrogens is 474 g/mol. The molecular formula is C20H14ClF4N3O3S. The first-order valence-corrected chi connectivity index (χ1v) is 10.7. The second-order valence-corrected chi connectivity index (χ2v) is 8.62. The number of nitrogens with one attached hydrogen (secondary N) is 2. The number of benzene rings is 2. The molecule has 0 saturated carbocycles. The van der Waals surface area contributed by atoms with Crippen LogP contribution in [0, 0.1) is 12.7 Å². The molecule has 0 bridgehead atoms. The van der Waals surface area contributed by atoms with E-state index in [2.05, 4.69) is 15.0 Å². The summed E-state index contributed by atoms with van der Waals surface area (Å²) in [6, 6.07) is 8.78. The van der Waals surface area contributed by atoms with Crippen LogP contribution < -0.4 is 10.0 Å². The molecule has 0 unspecified atom stereocenters. The first-order valence-electron chi connectivity index (χ1n) is 8.80. The quantitative estimate of drug-likeness (QED) is 0.481. The first-order chi connectivity index (χ1) is 14.9. The van der Waals surface area contributed by atoms with E-state index in [-0.39, 0.29) is 17.1 Å². The standard InChI is InChI=1S/C20H14ClF4N3O3S/c1-11-18(15(8-9-26-11)20(23,24)25)19(29)27-14-6-7-16(22)17(10-14)32(30,31)28-13-4-2-12(21)3-5-13/h2-10,28H,1H3,(H,27,29). The molecule has 0 aliphatic rings. The summed E-state index contributed by atoms with van der Waals surface area (Å²) >= 11 is 5.74. The van der Waals surface area contributed by atoms with Crippen molar-refractivity contribution < 1.29 is 30.8 Å². The minimum absolute atomic E-state index is 0.101. The second kappa shape index (κ2) is 8.75. The predicted octanol–water partition coefficient (Wildman–Crippen LogP) is 5.25. The molecule has 0 radical (unpaired) electrons. The van der Waals surface area contributed by atoms with Crippen LogP contribution in [-0.2, 0) is 16.2 Å². The minimum Gasteiger partial charge on any atom is -0.322 e. The summed E-state index contributed by atoms with van der Waals surface area (Å²) in [7, 11) is -4.43. The van der Waals surface area contributed by atoms with Gasteiger partial charge in [0.05, 0.1) is 16.8 Å². The summed E-state index contributed by atoms with van der Waals surface area (Å²) in [6.07, 6.45) is -3.90. The van der Waals surface area contributed by atoms with Crippen LogP contribution in [0.25, 0.3) is 0 Å². The average Bonchev–Trinajstić information content (AvgIpc) is 2.70. The Morgan fingerprint density at radius 3 is 2.28 bits per heavy atom. The van der Waals surface area contributed by atoms with Crippen molar-refractivity contribution in [2.24, 2.45) is 0 Å². The maximum Gasteiger partial charge on any atom is 0.417 e. The molecule has 1 amide bonds. The van der Waals surface area contributed by atoms with Gasteiger partial charge in [-0.2, -0.15) is 13.2 Å². The maximum atomic E-state index is 14.3. The topological polar surface area (TPSA) is 88.2 Å². The second-order valence-electron chi connectivity index (χ2n) is 6.53. The molecule has 0 aliphatic heterocycles. The molecule has 12 heteroatoms. The Morgan fingerprint density at radius 2 is 1.66 bits per heavy atom. The summed E-state index contributed by atoms with van der Waals surface area (Å²) < 4.78 is 81.5. The van der Waals surface area contributed by atoms with Gasteiger partial charge >= 0.3 is 6.18 Å². The Balaban J connectivity index is 1.93. The molecule has 2 aromatic carbocycles. The zero-order valence-corrected chi connectivity index (χ0v) is 17.7. The van der Waals surface area contributed by atoms with E-state index in [1.54, 1.807) is 0 Å². The van der Waals surface area contributed by atoms with E-state index < -0.39 is 43.9 Å². The van der Waals surface area contributed by atoms with Crippen LogP contribution in [0.4, 0.5) is 28.9 Å². The normalized spacial score (nSPS) is 11.8. The Bertz CT molecular complexity index is 1280. The molecule has 2 N–H and O–H groups in total. The van der Waals surface area contributed by atoms with E-state index in [9.17, 15) is 30.8 Å². The monoisotopic (exact) mass is 487 g/mol. The summed E-state index contributed by atoms with van der Waals surface area (Å²) in [5.74, 6) is -2.30. The van der Waals surface area contributed by atoms with E-state index in [4.69, 9.17) is 11.6 Å². The lowest BCUT2D eigenvalue weighted by atomic mass is 10.1. The summed E-state index contributed by atoms with van der Waals surface area (Å²) in [5.41, 5.74) is -2.25. The van der Waals surface area contributed by atoms with Crippen LogP contribution in [0.2, 0.25) is 5.02 Å². The molecule has 0 fully saturated rings. The Hall–Kier alpha value is -3.18. The number of rotatable bonds is 5. The number of carbonyl (C=O) groups is 1. The van der Waals surface area contributed by atoms with Crippen LogP contribution in [-0.4, -0.2) is 19.3 Å². The van der Waals surface area contributed by atoms with E-state index >= 15 is 0 Å². The van der Waals surface area contributed by atoms with Crippen LogP contribution in [0.3, 0.4) is 0 Å². The molecule has 6 nitrogen and oxygen atoms in total. The van der Waals surface area contributed by atoms with E-state index in [1.807, 2.05) is 0 Å². The smallest absolute Gasteiger partial charge is 0.322 e. The van der Waals surface area contributed by atoms with Crippen molar-refractivity contribution in [1.82, 2.24) is 4.98 Å². The third-order valence-electron chi connectivity index (χ3n) is 4.25. The fraction of sp³-hybridized carbons (Fsp3) is 0.100. The highest BCUT2D eigenvalue weighted by molar-refractivity contribution is 7.92. The van der Waals surface area contributed by atoms with Crippen molar-refractivity contribution in [1.29, 1.82) is 0 Å². The molecule has 1 aromatic heterocycles. The van der Waals surface area contributed by atoms with Gasteiger partial charge in [-0.05, 0) is 55.5 Å². The fourth-order valence-electron chi connectivity index (χ4n) is 2.80. The predicted molar refractivity (Wildman–Crippen MR) is 111 cm³/mol. The molecule has 1 heterocycles. The van der Waals surface area contributed by atoms with Crippen molar-refractivity contribution in [2.45, 2.75) is 18.0 Å². The van der Waals surface area contributed by atoms with Crippen LogP contribution in [0.5, 0.6) is 0 Å². The number of aryl methyl sites for hydroxylation is 1. The SMILES string of the molecule is Cc1nccc(C(F)(F)F)c1C(=O)Nc1ccc(F)c(S(=O)(=O)Nc2ccc(Cl)cc2)c1. The number of carbonyl (C=O) groups excluding carboxylic acids is 1. The van der Waals surface area contributed by atoms with Gasteiger partial charge in [-0.1, -0.05) is 11.6 Å². The number of aromatic nitrogens is 1. The number of hydrogen-bond acceptors (Lipinski definition) is 4. The van der Waals surface area contributed by atoms with Gasteiger partial charge in [-0.3, -0.25) is 14.5 Å². The maximum absolute atomic E-state index is 14.3. The van der Waals surface area contributed by atoms with Crippen molar-refractivity contribution in [3.63, 3.8) is 0 Å². The first kappa shape index (κ1) is 23.5. The molecule has 0 aliphatic carbocycles. The van der Waals surface area contributed by atoms with Crippen molar-refractivity contribution >= 4 is 38.9 Å². The highest BCUT2D eigenvalue weighted by atomic mass is 35.5. The lowest BCUT2D eigenvalue weighted by Crippen LogP contribution is -2.21.